The molecular formula is C26H27N3O3. The Bertz CT molecular complexity index is 1240. The van der Waals surface area contributed by atoms with E-state index >= 15 is 0 Å². The zero-order chi connectivity index (χ0) is 23.2. The predicted octanol–water partition coefficient (Wildman–Crippen LogP) is 4.36. The van der Waals surface area contributed by atoms with Gasteiger partial charge in [-0.15, -0.1) is 0 Å². The molecule has 0 spiro atoms. The monoisotopic (exact) mass is 429 g/mol. The number of hydrogen-bond acceptors (Lipinski definition) is 3. The van der Waals surface area contributed by atoms with E-state index in [1.165, 1.54) is 0 Å². The maximum absolute atomic E-state index is 13.2. The van der Waals surface area contributed by atoms with Crippen molar-refractivity contribution in [2.75, 3.05) is 6.54 Å². The minimum absolute atomic E-state index is 0.269. The van der Waals surface area contributed by atoms with Gasteiger partial charge in [0.25, 0.3) is 5.91 Å². The van der Waals surface area contributed by atoms with Crippen LogP contribution in [-0.4, -0.2) is 33.7 Å². The molecule has 1 aliphatic rings. The molecule has 1 aliphatic heterocycles. The number of nitrogens with zero attached hydrogens (tertiary/aromatic N) is 2. The molecule has 4 rings (SSSR count). The number of amides is 3. The van der Waals surface area contributed by atoms with Crippen molar-refractivity contribution in [1.29, 1.82) is 0 Å². The largest absolute Gasteiger partial charge is 0.325 e. The van der Waals surface area contributed by atoms with Crippen molar-refractivity contribution in [3.63, 3.8) is 0 Å². The summed E-state index contributed by atoms with van der Waals surface area (Å²) in [5.41, 5.74) is 4.87. The highest BCUT2D eigenvalue weighted by Crippen LogP contribution is 2.30. The summed E-state index contributed by atoms with van der Waals surface area (Å²) in [7, 11) is 0. The number of imide groups is 1. The van der Waals surface area contributed by atoms with Gasteiger partial charge in [0.1, 0.15) is 5.54 Å². The topological polar surface area (TPSA) is 71.4 Å². The third-order valence-electron chi connectivity index (χ3n) is 6.29. The molecule has 32 heavy (non-hydrogen) atoms. The highest BCUT2D eigenvalue weighted by Gasteiger charge is 2.49. The number of carbonyl (C=O) groups excluding carboxylic acids is 3. The molecule has 3 aromatic rings. The van der Waals surface area contributed by atoms with Crippen LogP contribution in [0, 0.1) is 27.7 Å². The second-order valence-corrected chi connectivity index (χ2v) is 8.64. The minimum atomic E-state index is -1.19. The maximum Gasteiger partial charge on any atom is 0.325 e. The van der Waals surface area contributed by atoms with Gasteiger partial charge >= 0.3 is 6.03 Å². The highest BCUT2D eigenvalue weighted by atomic mass is 16.2. The third-order valence-corrected chi connectivity index (χ3v) is 6.29. The van der Waals surface area contributed by atoms with Gasteiger partial charge < -0.3 is 9.88 Å². The molecule has 1 atom stereocenters. The first-order valence-electron chi connectivity index (χ1n) is 10.6. The van der Waals surface area contributed by atoms with Crippen molar-refractivity contribution in [1.82, 2.24) is 14.8 Å². The molecule has 1 unspecified atom stereocenters. The zero-order valence-corrected chi connectivity index (χ0v) is 19.0. The summed E-state index contributed by atoms with van der Waals surface area (Å²) in [5, 5.41) is 2.77. The van der Waals surface area contributed by atoms with Gasteiger partial charge in [-0.1, -0.05) is 48.0 Å². The van der Waals surface area contributed by atoms with Crippen molar-refractivity contribution in [3.8, 4) is 5.69 Å². The molecule has 0 saturated carbocycles. The standard InChI is InChI=1S/C26H27N3O3/c1-16-10-12-20(13-11-16)26(5)24(31)28(25(32)27-26)15-23(30)21-14-18(3)29(19(21)4)22-9-7-6-8-17(22)2/h6-14H,15H2,1-5H3,(H,27,32). The molecule has 0 aliphatic carbocycles. The van der Waals surface area contributed by atoms with E-state index in [0.29, 0.717) is 11.1 Å². The van der Waals surface area contributed by atoms with Crippen LogP contribution in [0.5, 0.6) is 0 Å². The third kappa shape index (κ3) is 3.42. The van der Waals surface area contributed by atoms with Crippen LogP contribution in [0.3, 0.4) is 0 Å². The Balaban J connectivity index is 1.62. The zero-order valence-electron chi connectivity index (χ0n) is 19.0. The highest BCUT2D eigenvalue weighted by molar-refractivity contribution is 6.11. The SMILES string of the molecule is Cc1ccc(C2(C)NC(=O)N(CC(=O)c3cc(C)n(-c4ccccc4C)c3C)C2=O)cc1. The van der Waals surface area contributed by atoms with Crippen LogP contribution in [0.25, 0.3) is 5.69 Å². The maximum atomic E-state index is 13.2. The average molecular weight is 430 g/mol. The van der Waals surface area contributed by atoms with Gasteiger partial charge in [-0.3, -0.25) is 14.5 Å². The van der Waals surface area contributed by atoms with E-state index in [0.717, 1.165) is 33.1 Å². The molecule has 1 fully saturated rings. The van der Waals surface area contributed by atoms with Gasteiger partial charge in [-0.25, -0.2) is 4.79 Å². The van der Waals surface area contributed by atoms with E-state index < -0.39 is 17.5 Å². The van der Waals surface area contributed by atoms with Crippen LogP contribution in [0.4, 0.5) is 4.79 Å². The lowest BCUT2D eigenvalue weighted by atomic mass is 9.91. The van der Waals surface area contributed by atoms with Gasteiger partial charge in [-0.05, 0) is 57.9 Å². The quantitative estimate of drug-likeness (QED) is 0.484. The number of ketones is 1. The summed E-state index contributed by atoms with van der Waals surface area (Å²) in [6, 6.07) is 16.7. The first-order valence-corrected chi connectivity index (χ1v) is 10.6. The number of para-hydroxylation sites is 1. The first kappa shape index (κ1) is 21.6. The van der Waals surface area contributed by atoms with Gasteiger partial charge in [-0.2, -0.15) is 0 Å². The molecule has 0 bridgehead atoms. The number of hydrogen-bond donors (Lipinski definition) is 1. The molecule has 1 N–H and O–H groups in total. The van der Waals surface area contributed by atoms with E-state index in [1.807, 2.05) is 86.9 Å². The van der Waals surface area contributed by atoms with Crippen molar-refractivity contribution in [3.05, 3.63) is 88.2 Å². The second-order valence-electron chi connectivity index (χ2n) is 8.64. The Kier molecular flexibility index (Phi) is 5.25. The van der Waals surface area contributed by atoms with Crippen molar-refractivity contribution in [2.45, 2.75) is 40.2 Å². The summed E-state index contributed by atoms with van der Waals surface area (Å²) >= 11 is 0. The lowest BCUT2D eigenvalue weighted by molar-refractivity contribution is -0.130. The summed E-state index contributed by atoms with van der Waals surface area (Å²) in [6.07, 6.45) is 0. The molecule has 0 radical (unpaired) electrons. The van der Waals surface area contributed by atoms with Crippen LogP contribution in [0.2, 0.25) is 0 Å². The van der Waals surface area contributed by atoms with Gasteiger partial charge in [0, 0.05) is 22.6 Å². The molecule has 164 valence electrons. The Labute approximate surface area is 187 Å². The molecule has 2 aromatic carbocycles. The van der Waals surface area contributed by atoms with E-state index in [-0.39, 0.29) is 12.3 Å². The fraction of sp³-hybridized carbons (Fsp3) is 0.269. The lowest BCUT2D eigenvalue weighted by Gasteiger charge is -2.22. The van der Waals surface area contributed by atoms with Crippen LogP contribution >= 0.6 is 0 Å². The number of rotatable bonds is 5. The fourth-order valence-corrected chi connectivity index (χ4v) is 4.38. The number of Topliss-reactive ketones (excluding diaryl/α,β-unsaturated/α-hetero) is 1. The summed E-state index contributed by atoms with van der Waals surface area (Å²) in [4.78, 5) is 40.1. The molecule has 3 amide bonds. The summed E-state index contributed by atoms with van der Waals surface area (Å²) in [6.45, 7) is 9.18. The Morgan fingerprint density at radius 1 is 0.969 bits per heavy atom. The fourth-order valence-electron chi connectivity index (χ4n) is 4.38. The van der Waals surface area contributed by atoms with Gasteiger partial charge in [0.15, 0.2) is 5.78 Å². The van der Waals surface area contributed by atoms with Crippen molar-refractivity contribution >= 4 is 17.7 Å². The lowest BCUT2D eigenvalue weighted by Crippen LogP contribution is -2.41. The van der Waals surface area contributed by atoms with E-state index in [4.69, 9.17) is 0 Å². The number of aryl methyl sites for hydroxylation is 3. The normalized spacial score (nSPS) is 18.2. The molecular weight excluding hydrogens is 402 g/mol. The molecule has 1 aromatic heterocycles. The van der Waals surface area contributed by atoms with Gasteiger partial charge in [0.05, 0.1) is 6.54 Å². The molecule has 2 heterocycles. The first-order chi connectivity index (χ1) is 15.1. The smallest absolute Gasteiger partial charge is 0.319 e. The van der Waals surface area contributed by atoms with E-state index in [1.54, 1.807) is 6.92 Å². The van der Waals surface area contributed by atoms with Crippen LogP contribution in [0.15, 0.2) is 54.6 Å². The number of carbonyl (C=O) groups is 3. The molecule has 6 heteroatoms. The number of benzene rings is 2. The Morgan fingerprint density at radius 2 is 1.62 bits per heavy atom. The number of urea groups is 1. The van der Waals surface area contributed by atoms with Crippen LogP contribution in [-0.2, 0) is 10.3 Å². The van der Waals surface area contributed by atoms with Crippen molar-refractivity contribution in [2.24, 2.45) is 0 Å². The van der Waals surface area contributed by atoms with Gasteiger partial charge in [0.2, 0.25) is 0 Å². The van der Waals surface area contributed by atoms with Crippen LogP contribution in [0.1, 0.15) is 45.4 Å². The molecule has 1 saturated heterocycles. The second kappa shape index (κ2) is 7.79. The molecule has 6 nitrogen and oxygen atoms in total. The summed E-state index contributed by atoms with van der Waals surface area (Å²) < 4.78 is 2.03. The average Bonchev–Trinajstić information content (AvgIpc) is 3.16. The summed E-state index contributed by atoms with van der Waals surface area (Å²) in [5.74, 6) is -0.693. The predicted molar refractivity (Wildman–Crippen MR) is 123 cm³/mol. The Morgan fingerprint density at radius 3 is 2.28 bits per heavy atom. The van der Waals surface area contributed by atoms with Crippen molar-refractivity contribution < 1.29 is 14.4 Å². The van der Waals surface area contributed by atoms with E-state index in [2.05, 4.69) is 5.32 Å². The van der Waals surface area contributed by atoms with Crippen LogP contribution < -0.4 is 5.32 Å². The Hall–Kier alpha value is -3.67. The van der Waals surface area contributed by atoms with E-state index in [9.17, 15) is 14.4 Å². The number of aromatic nitrogens is 1. The minimum Gasteiger partial charge on any atom is -0.319 e. The number of nitrogens with one attached hydrogen (secondary N) is 1.